The standard InChI is InChI=1S/C15H18N8O/c1-21(2)15-19-8-11(22(15)3)7-18-13(24)12-9-23(10-20-12)14-16-5-4-6-17-14/h4-6,8-10H,7H2,1-3H3,(H,18,24). The number of hydrogen-bond donors (Lipinski definition) is 1. The second-order valence-electron chi connectivity index (χ2n) is 5.40. The van der Waals surface area contributed by atoms with Crippen molar-refractivity contribution >= 4 is 11.9 Å². The Kier molecular flexibility index (Phi) is 4.23. The van der Waals surface area contributed by atoms with Gasteiger partial charge in [-0.05, 0) is 6.07 Å². The van der Waals surface area contributed by atoms with E-state index in [1.165, 1.54) is 6.33 Å². The number of rotatable bonds is 5. The zero-order valence-electron chi connectivity index (χ0n) is 13.7. The SMILES string of the molecule is CN(C)c1ncc(CNC(=O)c2cn(-c3ncccn3)cn2)n1C. The fourth-order valence-electron chi connectivity index (χ4n) is 2.25. The molecule has 0 aliphatic rings. The number of nitrogens with one attached hydrogen (secondary N) is 1. The van der Waals surface area contributed by atoms with Crippen molar-refractivity contribution in [1.82, 2.24) is 34.4 Å². The number of carbonyl (C=O) groups is 1. The lowest BCUT2D eigenvalue weighted by atomic mass is 10.4. The molecular weight excluding hydrogens is 308 g/mol. The molecule has 1 N–H and O–H groups in total. The average Bonchev–Trinajstić information content (AvgIpc) is 3.21. The van der Waals surface area contributed by atoms with Crippen molar-refractivity contribution in [3.63, 3.8) is 0 Å². The molecule has 3 heterocycles. The summed E-state index contributed by atoms with van der Waals surface area (Å²) in [7, 11) is 5.75. The Balaban J connectivity index is 1.67. The van der Waals surface area contributed by atoms with Crippen LogP contribution in [0.1, 0.15) is 16.2 Å². The molecule has 9 nitrogen and oxygen atoms in total. The molecule has 0 fully saturated rings. The van der Waals surface area contributed by atoms with Crippen LogP contribution < -0.4 is 10.2 Å². The van der Waals surface area contributed by atoms with Gasteiger partial charge in [0, 0.05) is 39.7 Å². The molecule has 1 amide bonds. The number of aromatic nitrogens is 6. The number of carbonyl (C=O) groups excluding carboxylic acids is 1. The molecule has 24 heavy (non-hydrogen) atoms. The zero-order valence-corrected chi connectivity index (χ0v) is 13.7. The van der Waals surface area contributed by atoms with Gasteiger partial charge in [-0.2, -0.15) is 0 Å². The minimum atomic E-state index is -0.266. The van der Waals surface area contributed by atoms with Gasteiger partial charge in [-0.1, -0.05) is 0 Å². The molecule has 0 spiro atoms. The lowest BCUT2D eigenvalue weighted by molar-refractivity contribution is 0.0945. The summed E-state index contributed by atoms with van der Waals surface area (Å²) in [4.78, 5) is 30.8. The first-order valence-electron chi connectivity index (χ1n) is 7.33. The van der Waals surface area contributed by atoms with E-state index in [-0.39, 0.29) is 5.91 Å². The topological polar surface area (TPSA) is 93.8 Å². The molecule has 0 aliphatic heterocycles. The fourth-order valence-corrected chi connectivity index (χ4v) is 2.25. The van der Waals surface area contributed by atoms with Crippen LogP contribution in [-0.2, 0) is 13.6 Å². The van der Waals surface area contributed by atoms with Gasteiger partial charge in [0.05, 0.1) is 18.4 Å². The summed E-state index contributed by atoms with van der Waals surface area (Å²) < 4.78 is 3.53. The lowest BCUT2D eigenvalue weighted by Crippen LogP contribution is -2.24. The Morgan fingerprint density at radius 2 is 1.96 bits per heavy atom. The molecule has 0 saturated heterocycles. The summed E-state index contributed by atoms with van der Waals surface area (Å²) in [5, 5.41) is 2.84. The number of imidazole rings is 2. The van der Waals surface area contributed by atoms with E-state index in [1.54, 1.807) is 35.4 Å². The van der Waals surface area contributed by atoms with Crippen LogP contribution in [0.5, 0.6) is 0 Å². The van der Waals surface area contributed by atoms with Crippen LogP contribution in [0.2, 0.25) is 0 Å². The maximum atomic E-state index is 12.2. The van der Waals surface area contributed by atoms with Crippen LogP contribution in [0.4, 0.5) is 5.95 Å². The Morgan fingerprint density at radius 1 is 1.21 bits per heavy atom. The normalized spacial score (nSPS) is 10.6. The largest absolute Gasteiger partial charge is 0.348 e. The van der Waals surface area contributed by atoms with E-state index in [1.807, 2.05) is 30.6 Å². The Morgan fingerprint density at radius 3 is 2.62 bits per heavy atom. The molecule has 0 aliphatic carbocycles. The van der Waals surface area contributed by atoms with E-state index in [4.69, 9.17) is 0 Å². The van der Waals surface area contributed by atoms with Gasteiger partial charge < -0.3 is 14.8 Å². The molecule has 0 bridgehead atoms. The summed E-state index contributed by atoms with van der Waals surface area (Å²) in [6.45, 7) is 0.366. The van der Waals surface area contributed by atoms with E-state index >= 15 is 0 Å². The van der Waals surface area contributed by atoms with Gasteiger partial charge in [0.15, 0.2) is 0 Å². The highest BCUT2D eigenvalue weighted by Gasteiger charge is 2.13. The number of amides is 1. The van der Waals surface area contributed by atoms with E-state index < -0.39 is 0 Å². The van der Waals surface area contributed by atoms with Crippen molar-refractivity contribution in [1.29, 1.82) is 0 Å². The maximum Gasteiger partial charge on any atom is 0.271 e. The van der Waals surface area contributed by atoms with Crippen molar-refractivity contribution in [2.75, 3.05) is 19.0 Å². The third-order valence-electron chi connectivity index (χ3n) is 3.49. The summed E-state index contributed by atoms with van der Waals surface area (Å²) >= 11 is 0. The predicted octanol–water partition coefficient (Wildman–Crippen LogP) is 0.392. The molecule has 0 saturated carbocycles. The fraction of sp³-hybridized carbons (Fsp3) is 0.267. The van der Waals surface area contributed by atoms with Gasteiger partial charge in [0.2, 0.25) is 11.9 Å². The first-order valence-corrected chi connectivity index (χ1v) is 7.33. The maximum absolute atomic E-state index is 12.2. The Bertz CT molecular complexity index is 836. The molecular formula is C15H18N8O. The second-order valence-corrected chi connectivity index (χ2v) is 5.40. The van der Waals surface area contributed by atoms with Crippen LogP contribution in [0.3, 0.4) is 0 Å². The van der Waals surface area contributed by atoms with Crippen LogP contribution in [0.15, 0.2) is 37.2 Å². The highest BCUT2D eigenvalue weighted by Crippen LogP contribution is 2.11. The monoisotopic (exact) mass is 326 g/mol. The van der Waals surface area contributed by atoms with Gasteiger partial charge in [-0.15, -0.1) is 0 Å². The molecule has 124 valence electrons. The lowest BCUT2D eigenvalue weighted by Gasteiger charge is -2.12. The van der Waals surface area contributed by atoms with Gasteiger partial charge >= 0.3 is 0 Å². The molecule has 3 aromatic rings. The number of anilines is 1. The minimum Gasteiger partial charge on any atom is -0.348 e. The first kappa shape index (κ1) is 15.7. The molecule has 0 radical (unpaired) electrons. The van der Waals surface area contributed by atoms with Crippen molar-refractivity contribution in [2.24, 2.45) is 7.05 Å². The van der Waals surface area contributed by atoms with Gasteiger partial charge in [-0.3, -0.25) is 9.36 Å². The number of nitrogens with zero attached hydrogens (tertiary/aromatic N) is 7. The first-order chi connectivity index (χ1) is 11.6. The Labute approximate surface area is 139 Å². The molecule has 0 atom stereocenters. The van der Waals surface area contributed by atoms with E-state index in [0.717, 1.165) is 11.6 Å². The van der Waals surface area contributed by atoms with E-state index in [0.29, 0.717) is 18.2 Å². The summed E-state index contributed by atoms with van der Waals surface area (Å²) in [6, 6.07) is 1.73. The second kappa shape index (κ2) is 6.49. The van der Waals surface area contributed by atoms with E-state index in [2.05, 4.69) is 25.3 Å². The summed E-state index contributed by atoms with van der Waals surface area (Å²) in [6.07, 6.45) is 8.11. The number of hydrogen-bond acceptors (Lipinski definition) is 6. The van der Waals surface area contributed by atoms with Crippen LogP contribution >= 0.6 is 0 Å². The van der Waals surface area contributed by atoms with Gasteiger partial charge in [0.1, 0.15) is 12.0 Å². The molecule has 3 aromatic heterocycles. The van der Waals surface area contributed by atoms with Crippen molar-refractivity contribution in [3.8, 4) is 5.95 Å². The average molecular weight is 326 g/mol. The molecule has 0 aromatic carbocycles. The molecule has 0 unspecified atom stereocenters. The van der Waals surface area contributed by atoms with Crippen LogP contribution in [0.25, 0.3) is 5.95 Å². The summed E-state index contributed by atoms with van der Waals surface area (Å²) in [5.74, 6) is 1.02. The quantitative estimate of drug-likeness (QED) is 0.729. The zero-order chi connectivity index (χ0) is 17.1. The molecule has 9 heteroatoms. The smallest absolute Gasteiger partial charge is 0.271 e. The molecule has 3 rings (SSSR count). The van der Waals surface area contributed by atoms with Crippen molar-refractivity contribution < 1.29 is 4.79 Å². The highest BCUT2D eigenvalue weighted by atomic mass is 16.1. The van der Waals surface area contributed by atoms with Crippen LogP contribution in [0, 0.1) is 0 Å². The summed E-state index contributed by atoms with van der Waals surface area (Å²) in [5.41, 5.74) is 1.20. The third kappa shape index (κ3) is 3.09. The third-order valence-corrected chi connectivity index (χ3v) is 3.49. The van der Waals surface area contributed by atoms with Crippen LogP contribution in [-0.4, -0.2) is 49.1 Å². The minimum absolute atomic E-state index is 0.266. The predicted molar refractivity (Wildman–Crippen MR) is 87.9 cm³/mol. The Hall–Kier alpha value is -3.23. The van der Waals surface area contributed by atoms with Gasteiger partial charge in [0.25, 0.3) is 5.91 Å². The van der Waals surface area contributed by atoms with E-state index in [9.17, 15) is 4.79 Å². The van der Waals surface area contributed by atoms with Crippen molar-refractivity contribution in [3.05, 3.63) is 48.6 Å². The van der Waals surface area contributed by atoms with Gasteiger partial charge in [-0.25, -0.2) is 19.9 Å². The van der Waals surface area contributed by atoms with Crippen molar-refractivity contribution in [2.45, 2.75) is 6.54 Å². The highest BCUT2D eigenvalue weighted by molar-refractivity contribution is 5.92.